The molecule has 0 saturated heterocycles. The van der Waals surface area contributed by atoms with Crippen LogP contribution in [0, 0.1) is 18.3 Å². The maximum Gasteiger partial charge on any atom is 0.327 e. The van der Waals surface area contributed by atoms with Crippen LogP contribution in [0.4, 0.5) is 0 Å². The highest BCUT2D eigenvalue weighted by atomic mass is 31.2. The second kappa shape index (κ2) is 19.4. The van der Waals surface area contributed by atoms with Crippen molar-refractivity contribution in [3.63, 3.8) is 0 Å². The van der Waals surface area contributed by atoms with Gasteiger partial charge in [-0.2, -0.15) is 0 Å². The first kappa shape index (κ1) is 40.8. The summed E-state index contributed by atoms with van der Waals surface area (Å²) in [6, 6.07) is 4.28. The van der Waals surface area contributed by atoms with Crippen LogP contribution in [0.1, 0.15) is 142 Å². The zero-order valence-corrected chi connectivity index (χ0v) is 30.1. The molecule has 0 aromatic heterocycles. The van der Waals surface area contributed by atoms with Gasteiger partial charge in [-0.25, -0.2) is 0 Å². The molecule has 0 saturated carbocycles. The average molecular weight is 649 g/mol. The summed E-state index contributed by atoms with van der Waals surface area (Å²) < 4.78 is 17.4. The topological polar surface area (TPSA) is 129 Å². The number of benzene rings is 1. The molecule has 1 rings (SSSR count). The first-order valence-electron chi connectivity index (χ1n) is 15.9. The Hall–Kier alpha value is -0.240. The van der Waals surface area contributed by atoms with Gasteiger partial charge in [0.25, 0.3) is 0 Å². The predicted octanol–water partition coefficient (Wildman–Crippen LogP) is 8.25. The molecule has 0 spiro atoms. The van der Waals surface area contributed by atoms with Crippen molar-refractivity contribution in [2.75, 3.05) is 26.4 Å². The highest BCUT2D eigenvalue weighted by Crippen LogP contribution is 2.49. The van der Waals surface area contributed by atoms with E-state index in [4.69, 9.17) is 13.8 Å². The Morgan fingerprint density at radius 3 is 1.49 bits per heavy atom. The van der Waals surface area contributed by atoms with Crippen LogP contribution in [-0.4, -0.2) is 51.1 Å². The fraction of sp³-hybridized carbons (Fsp3) is 0.818. The van der Waals surface area contributed by atoms with Gasteiger partial charge in [0.15, 0.2) is 0 Å². The molecule has 0 aliphatic rings. The van der Waals surface area contributed by atoms with E-state index in [1.807, 2.05) is 0 Å². The molecule has 0 fully saturated rings. The lowest BCUT2D eigenvalue weighted by molar-refractivity contribution is -0.111. The molecule has 1 aromatic carbocycles. The van der Waals surface area contributed by atoms with E-state index in [0.29, 0.717) is 6.61 Å². The van der Waals surface area contributed by atoms with Crippen molar-refractivity contribution in [3.8, 4) is 0 Å². The van der Waals surface area contributed by atoms with Crippen molar-refractivity contribution in [2.45, 2.75) is 137 Å². The zero-order valence-electron chi connectivity index (χ0n) is 28.4. The standard InChI is InChI=1S/C33H62O8P2/c1-25(2)18-16-14-12-10-11-13-15-17-19-39-30(33(22-34,23-40-42(35)36)24-41-43(37)38)29-27(31(4,5)6)20-26(3)21-28(29)32(7,8)9/h20-21,25,30,34-38H,10-19,22-24H2,1-9H3. The van der Waals surface area contributed by atoms with Crippen molar-refractivity contribution in [3.05, 3.63) is 34.4 Å². The smallest absolute Gasteiger partial charge is 0.327 e. The molecule has 5 N–H and O–H groups in total. The van der Waals surface area contributed by atoms with Crippen molar-refractivity contribution >= 4 is 17.2 Å². The van der Waals surface area contributed by atoms with Crippen molar-refractivity contribution in [2.24, 2.45) is 11.3 Å². The first-order chi connectivity index (χ1) is 19.9. The second-order valence-corrected chi connectivity index (χ2v) is 16.1. The first-order valence-corrected chi connectivity index (χ1v) is 18.3. The summed E-state index contributed by atoms with van der Waals surface area (Å²) in [5.74, 6) is 0.773. The van der Waals surface area contributed by atoms with E-state index in [0.717, 1.165) is 47.4 Å². The van der Waals surface area contributed by atoms with Gasteiger partial charge in [0, 0.05) is 6.61 Å². The quantitative estimate of drug-likeness (QED) is 0.0666. The summed E-state index contributed by atoms with van der Waals surface area (Å²) in [6.45, 7) is 18.7. The van der Waals surface area contributed by atoms with Crippen molar-refractivity contribution in [1.82, 2.24) is 0 Å². The van der Waals surface area contributed by atoms with Crippen LogP contribution in [0.5, 0.6) is 0 Å². The number of aliphatic hydroxyl groups excluding tert-OH is 1. The minimum atomic E-state index is -2.73. The third-order valence-electron chi connectivity index (χ3n) is 7.97. The van der Waals surface area contributed by atoms with Gasteiger partial charge in [-0.05, 0) is 46.8 Å². The number of rotatable bonds is 21. The lowest BCUT2D eigenvalue weighted by atomic mass is 9.69. The molecule has 1 atom stereocenters. The zero-order chi connectivity index (χ0) is 32.8. The fourth-order valence-corrected chi connectivity index (χ4v) is 6.29. The van der Waals surface area contributed by atoms with Crippen molar-refractivity contribution < 1.29 is 38.5 Å². The number of aryl methyl sites for hydroxylation is 1. The molecular formula is C33H62O8P2. The summed E-state index contributed by atoms with van der Waals surface area (Å²) in [4.78, 5) is 38.7. The Bertz CT molecular complexity index is 862. The Morgan fingerprint density at radius 2 is 1.12 bits per heavy atom. The minimum Gasteiger partial charge on any atom is -0.395 e. The van der Waals surface area contributed by atoms with E-state index in [2.05, 4.69) is 74.4 Å². The van der Waals surface area contributed by atoms with Crippen molar-refractivity contribution in [1.29, 1.82) is 0 Å². The Balaban J connectivity index is 3.38. The molecule has 1 aromatic rings. The van der Waals surface area contributed by atoms with E-state index in [-0.39, 0.29) is 24.0 Å². The Labute approximate surface area is 264 Å². The maximum atomic E-state index is 10.9. The maximum absolute atomic E-state index is 10.9. The number of aliphatic hydroxyl groups is 1. The van der Waals surface area contributed by atoms with Crippen LogP contribution in [0.25, 0.3) is 0 Å². The average Bonchev–Trinajstić information content (AvgIpc) is 2.88. The summed E-state index contributed by atoms with van der Waals surface area (Å²) in [5.41, 5.74) is 2.17. The predicted molar refractivity (Wildman–Crippen MR) is 178 cm³/mol. The molecule has 252 valence electrons. The number of ether oxygens (including phenoxy) is 1. The van der Waals surface area contributed by atoms with E-state index >= 15 is 0 Å². The van der Waals surface area contributed by atoms with E-state index in [9.17, 15) is 24.7 Å². The van der Waals surface area contributed by atoms with Crippen LogP contribution in [0.15, 0.2) is 12.1 Å². The fourth-order valence-electron chi connectivity index (χ4n) is 5.54. The highest BCUT2D eigenvalue weighted by molar-refractivity contribution is 7.39. The SMILES string of the molecule is Cc1cc(C(C)(C)C)c(C(OCCCCCCCCCCC(C)C)C(CO)(COP(O)O)COP(O)O)c(C(C)(C)C)c1. The van der Waals surface area contributed by atoms with E-state index in [1.165, 1.54) is 38.5 Å². The monoisotopic (exact) mass is 648 g/mol. The molecule has 0 radical (unpaired) electrons. The number of hydrogen-bond acceptors (Lipinski definition) is 8. The van der Waals surface area contributed by atoms with Gasteiger partial charge in [-0.3, -0.25) is 0 Å². The highest BCUT2D eigenvalue weighted by Gasteiger charge is 2.46. The molecular weight excluding hydrogens is 586 g/mol. The summed E-state index contributed by atoms with van der Waals surface area (Å²) in [6.07, 6.45) is 9.80. The molecule has 0 bridgehead atoms. The summed E-state index contributed by atoms with van der Waals surface area (Å²) in [5, 5.41) is 10.9. The van der Waals surface area contributed by atoms with Crippen LogP contribution in [-0.2, 0) is 24.6 Å². The second-order valence-electron chi connectivity index (χ2n) is 14.6. The molecule has 0 amide bonds. The number of unbranched alkanes of at least 4 members (excludes halogenated alkanes) is 7. The summed E-state index contributed by atoms with van der Waals surface area (Å²) >= 11 is 0. The third kappa shape index (κ3) is 14.8. The van der Waals surface area contributed by atoms with Crippen LogP contribution in [0.2, 0.25) is 0 Å². The number of hydrogen-bond donors (Lipinski definition) is 5. The molecule has 10 heteroatoms. The van der Waals surface area contributed by atoms with E-state index in [1.54, 1.807) is 0 Å². The van der Waals surface area contributed by atoms with Gasteiger partial charge in [-0.1, -0.05) is 124 Å². The van der Waals surface area contributed by atoms with Gasteiger partial charge in [0.1, 0.15) is 0 Å². The Kier molecular flexibility index (Phi) is 18.4. The molecule has 8 nitrogen and oxygen atoms in total. The normalized spacial score (nSPS) is 14.0. The molecule has 0 aliphatic heterocycles. The van der Waals surface area contributed by atoms with Crippen LogP contribution in [0.3, 0.4) is 0 Å². The molecule has 1 unspecified atom stereocenters. The van der Waals surface area contributed by atoms with Gasteiger partial charge < -0.3 is 38.5 Å². The van der Waals surface area contributed by atoms with Crippen LogP contribution < -0.4 is 0 Å². The largest absolute Gasteiger partial charge is 0.395 e. The molecule has 0 heterocycles. The Morgan fingerprint density at radius 1 is 0.698 bits per heavy atom. The lowest BCUT2D eigenvalue weighted by Crippen LogP contribution is -2.44. The van der Waals surface area contributed by atoms with Crippen LogP contribution >= 0.6 is 17.2 Å². The lowest BCUT2D eigenvalue weighted by Gasteiger charge is -2.43. The molecule has 0 aliphatic carbocycles. The van der Waals surface area contributed by atoms with Gasteiger partial charge in [0.2, 0.25) is 0 Å². The van der Waals surface area contributed by atoms with Gasteiger partial charge in [0.05, 0.1) is 31.3 Å². The third-order valence-corrected chi connectivity index (χ3v) is 8.69. The minimum absolute atomic E-state index is 0.289. The molecule has 43 heavy (non-hydrogen) atoms. The van der Waals surface area contributed by atoms with E-state index < -0.39 is 35.3 Å². The summed E-state index contributed by atoms with van der Waals surface area (Å²) in [7, 11) is -5.46. The van der Waals surface area contributed by atoms with Gasteiger partial charge >= 0.3 is 17.2 Å². The van der Waals surface area contributed by atoms with Gasteiger partial charge in [-0.15, -0.1) is 0 Å².